The Labute approximate surface area is 146 Å². The molecule has 3 rings (SSSR count). The SMILES string of the molecule is O=C(CN1CCOCC1)N1CCN(Cc2cccc(Br)c2)CC1. The lowest BCUT2D eigenvalue weighted by Crippen LogP contribution is -2.51. The fourth-order valence-electron chi connectivity index (χ4n) is 3.10. The lowest BCUT2D eigenvalue weighted by molar-refractivity contribution is -0.135. The van der Waals surface area contributed by atoms with Gasteiger partial charge < -0.3 is 9.64 Å². The number of amides is 1. The molecule has 6 heteroatoms. The Bertz CT molecular complexity index is 526. The van der Waals surface area contributed by atoms with Gasteiger partial charge in [0.05, 0.1) is 19.8 Å². The molecule has 1 aromatic rings. The molecule has 1 amide bonds. The summed E-state index contributed by atoms with van der Waals surface area (Å²) in [5.41, 5.74) is 1.31. The van der Waals surface area contributed by atoms with Crippen molar-refractivity contribution in [3.8, 4) is 0 Å². The minimum absolute atomic E-state index is 0.258. The Morgan fingerprint density at radius 2 is 1.78 bits per heavy atom. The van der Waals surface area contributed by atoms with Crippen LogP contribution in [0.3, 0.4) is 0 Å². The number of benzene rings is 1. The Morgan fingerprint density at radius 3 is 2.48 bits per heavy atom. The molecule has 1 aromatic carbocycles. The largest absolute Gasteiger partial charge is 0.379 e. The van der Waals surface area contributed by atoms with Crippen LogP contribution in [0.4, 0.5) is 0 Å². The molecule has 5 nitrogen and oxygen atoms in total. The number of nitrogens with zero attached hydrogens (tertiary/aromatic N) is 3. The highest BCUT2D eigenvalue weighted by molar-refractivity contribution is 9.10. The maximum Gasteiger partial charge on any atom is 0.236 e. The summed E-state index contributed by atoms with van der Waals surface area (Å²) in [7, 11) is 0. The smallest absolute Gasteiger partial charge is 0.236 e. The number of piperazine rings is 1. The van der Waals surface area contributed by atoms with Crippen molar-refractivity contribution in [2.45, 2.75) is 6.54 Å². The Hall–Kier alpha value is -0.950. The van der Waals surface area contributed by atoms with E-state index in [9.17, 15) is 4.79 Å². The maximum absolute atomic E-state index is 12.4. The minimum Gasteiger partial charge on any atom is -0.379 e. The number of hydrogen-bond acceptors (Lipinski definition) is 4. The van der Waals surface area contributed by atoms with E-state index in [2.05, 4.69) is 43.9 Å². The van der Waals surface area contributed by atoms with Crippen molar-refractivity contribution < 1.29 is 9.53 Å². The molecule has 2 fully saturated rings. The average Bonchev–Trinajstić information content (AvgIpc) is 2.56. The van der Waals surface area contributed by atoms with Crippen molar-refractivity contribution >= 4 is 21.8 Å². The standard InChI is InChI=1S/C17H24BrN3O2/c18-16-3-1-2-15(12-16)13-19-4-6-21(7-5-19)17(22)14-20-8-10-23-11-9-20/h1-3,12H,4-11,13-14H2. The van der Waals surface area contributed by atoms with Gasteiger partial charge in [0, 0.05) is 50.3 Å². The van der Waals surface area contributed by atoms with Gasteiger partial charge in [-0.15, -0.1) is 0 Å². The number of halogens is 1. The quantitative estimate of drug-likeness (QED) is 0.790. The highest BCUT2D eigenvalue weighted by Gasteiger charge is 2.23. The summed E-state index contributed by atoms with van der Waals surface area (Å²) < 4.78 is 6.45. The predicted molar refractivity (Wildman–Crippen MR) is 93.3 cm³/mol. The summed E-state index contributed by atoms with van der Waals surface area (Å²) in [6, 6.07) is 8.43. The fraction of sp³-hybridized carbons (Fsp3) is 0.588. The normalized spacial score (nSPS) is 20.7. The van der Waals surface area contributed by atoms with Gasteiger partial charge in [-0.2, -0.15) is 0 Å². The van der Waals surface area contributed by atoms with Crippen molar-refractivity contribution in [3.63, 3.8) is 0 Å². The first-order chi connectivity index (χ1) is 11.2. The number of rotatable bonds is 4. The summed E-state index contributed by atoms with van der Waals surface area (Å²) in [6.07, 6.45) is 0. The van der Waals surface area contributed by atoms with E-state index in [-0.39, 0.29) is 5.91 Å². The zero-order valence-electron chi connectivity index (χ0n) is 13.4. The molecule has 23 heavy (non-hydrogen) atoms. The predicted octanol–water partition coefficient (Wildman–Crippen LogP) is 1.43. The molecule has 0 N–H and O–H groups in total. The molecule has 2 aliphatic rings. The van der Waals surface area contributed by atoms with Crippen LogP contribution in [-0.2, 0) is 16.1 Å². The molecule has 0 atom stereocenters. The molecule has 0 aliphatic carbocycles. The molecular weight excluding hydrogens is 358 g/mol. The Morgan fingerprint density at radius 1 is 1.04 bits per heavy atom. The fourth-order valence-corrected chi connectivity index (χ4v) is 3.55. The zero-order valence-corrected chi connectivity index (χ0v) is 15.0. The van der Waals surface area contributed by atoms with Crippen molar-refractivity contribution in [3.05, 3.63) is 34.3 Å². The van der Waals surface area contributed by atoms with Crippen LogP contribution in [0.2, 0.25) is 0 Å². The molecule has 2 aliphatic heterocycles. The van der Waals surface area contributed by atoms with E-state index < -0.39 is 0 Å². The monoisotopic (exact) mass is 381 g/mol. The van der Waals surface area contributed by atoms with Crippen LogP contribution in [-0.4, -0.2) is 79.6 Å². The van der Waals surface area contributed by atoms with Crippen LogP contribution in [0.25, 0.3) is 0 Å². The Kier molecular flexibility index (Phi) is 6.05. The topological polar surface area (TPSA) is 36.0 Å². The number of carbonyl (C=O) groups excluding carboxylic acids is 1. The third-order valence-electron chi connectivity index (χ3n) is 4.48. The van der Waals surface area contributed by atoms with Crippen molar-refractivity contribution in [2.24, 2.45) is 0 Å². The third-order valence-corrected chi connectivity index (χ3v) is 4.98. The van der Waals surface area contributed by atoms with E-state index in [1.807, 2.05) is 11.0 Å². The summed E-state index contributed by atoms with van der Waals surface area (Å²) >= 11 is 3.52. The van der Waals surface area contributed by atoms with E-state index in [4.69, 9.17) is 4.74 Å². The van der Waals surface area contributed by atoms with Gasteiger partial charge in [-0.1, -0.05) is 28.1 Å². The molecule has 0 aromatic heterocycles. The average molecular weight is 382 g/mol. The first-order valence-corrected chi connectivity index (χ1v) is 9.05. The van der Waals surface area contributed by atoms with E-state index in [1.165, 1.54) is 5.56 Å². The van der Waals surface area contributed by atoms with Crippen LogP contribution < -0.4 is 0 Å². The van der Waals surface area contributed by atoms with E-state index in [0.29, 0.717) is 6.54 Å². The molecular formula is C17H24BrN3O2. The molecule has 0 spiro atoms. The zero-order chi connectivity index (χ0) is 16.1. The Balaban J connectivity index is 1.43. The molecule has 126 valence electrons. The summed E-state index contributed by atoms with van der Waals surface area (Å²) in [5, 5.41) is 0. The van der Waals surface area contributed by atoms with Gasteiger partial charge in [0.2, 0.25) is 5.91 Å². The number of morpholine rings is 1. The molecule has 0 bridgehead atoms. The second-order valence-electron chi connectivity index (χ2n) is 6.18. The van der Waals surface area contributed by atoms with Gasteiger partial charge >= 0.3 is 0 Å². The lowest BCUT2D eigenvalue weighted by atomic mass is 10.2. The van der Waals surface area contributed by atoms with E-state index in [0.717, 1.165) is 63.5 Å². The van der Waals surface area contributed by atoms with Gasteiger partial charge in [0.25, 0.3) is 0 Å². The highest BCUT2D eigenvalue weighted by Crippen LogP contribution is 2.14. The highest BCUT2D eigenvalue weighted by atomic mass is 79.9. The molecule has 2 saturated heterocycles. The van der Waals surface area contributed by atoms with Crippen LogP contribution in [0.1, 0.15) is 5.56 Å². The number of hydrogen-bond donors (Lipinski definition) is 0. The maximum atomic E-state index is 12.4. The van der Waals surface area contributed by atoms with Gasteiger partial charge in [-0.05, 0) is 17.7 Å². The third kappa shape index (κ3) is 5.01. The summed E-state index contributed by atoms with van der Waals surface area (Å²) in [4.78, 5) is 19.0. The second-order valence-corrected chi connectivity index (χ2v) is 7.09. The molecule has 0 saturated carbocycles. The number of carbonyl (C=O) groups is 1. The summed E-state index contributed by atoms with van der Waals surface area (Å²) in [5.74, 6) is 0.258. The van der Waals surface area contributed by atoms with Crippen LogP contribution in [0.5, 0.6) is 0 Å². The van der Waals surface area contributed by atoms with Crippen LogP contribution in [0.15, 0.2) is 28.7 Å². The van der Waals surface area contributed by atoms with Crippen molar-refractivity contribution in [1.29, 1.82) is 0 Å². The summed E-state index contributed by atoms with van der Waals surface area (Å²) in [6.45, 7) is 8.27. The first-order valence-electron chi connectivity index (χ1n) is 8.25. The van der Waals surface area contributed by atoms with Gasteiger partial charge in [0.1, 0.15) is 0 Å². The van der Waals surface area contributed by atoms with Gasteiger partial charge in [-0.3, -0.25) is 14.6 Å². The van der Waals surface area contributed by atoms with Crippen LogP contribution in [0, 0.1) is 0 Å². The van der Waals surface area contributed by atoms with Crippen molar-refractivity contribution in [1.82, 2.24) is 14.7 Å². The van der Waals surface area contributed by atoms with E-state index >= 15 is 0 Å². The van der Waals surface area contributed by atoms with Gasteiger partial charge in [0.15, 0.2) is 0 Å². The molecule has 0 unspecified atom stereocenters. The van der Waals surface area contributed by atoms with Crippen molar-refractivity contribution in [2.75, 3.05) is 59.0 Å². The van der Waals surface area contributed by atoms with E-state index in [1.54, 1.807) is 0 Å². The second kappa shape index (κ2) is 8.24. The number of ether oxygens (including phenoxy) is 1. The minimum atomic E-state index is 0.258. The lowest BCUT2D eigenvalue weighted by Gasteiger charge is -2.36. The van der Waals surface area contributed by atoms with Crippen LogP contribution >= 0.6 is 15.9 Å². The van der Waals surface area contributed by atoms with Gasteiger partial charge in [-0.25, -0.2) is 0 Å². The molecule has 2 heterocycles. The molecule has 0 radical (unpaired) electrons. The first kappa shape index (κ1) is 16.9.